The molecule has 0 saturated carbocycles. The van der Waals surface area contributed by atoms with E-state index in [1.165, 1.54) is 14.2 Å². The van der Waals surface area contributed by atoms with Crippen LogP contribution in [0.3, 0.4) is 0 Å². The molecule has 0 unspecified atom stereocenters. The third kappa shape index (κ3) is 5.56. The minimum Gasteiger partial charge on any atom is -0.497 e. The maximum atomic E-state index is 12.9. The number of hydrogen-bond donors (Lipinski definition) is 1. The number of methoxy groups -OCH3 is 3. The summed E-state index contributed by atoms with van der Waals surface area (Å²) in [7, 11) is 4.64. The summed E-state index contributed by atoms with van der Waals surface area (Å²) in [5, 5.41) is 7.40. The Morgan fingerprint density at radius 3 is 2.30 bits per heavy atom. The normalized spacial score (nSPS) is 10.5. The van der Waals surface area contributed by atoms with Gasteiger partial charge >= 0.3 is 5.97 Å². The van der Waals surface area contributed by atoms with Crippen molar-refractivity contribution in [3.05, 3.63) is 84.1 Å². The second kappa shape index (κ2) is 11.3. The van der Waals surface area contributed by atoms with E-state index in [0.717, 1.165) is 11.3 Å². The lowest BCUT2D eigenvalue weighted by molar-refractivity contribution is 0.0519. The third-order valence-electron chi connectivity index (χ3n) is 5.57. The molecule has 0 saturated heterocycles. The van der Waals surface area contributed by atoms with Crippen molar-refractivity contribution in [2.24, 2.45) is 0 Å². The van der Waals surface area contributed by atoms with Crippen molar-refractivity contribution >= 4 is 17.6 Å². The number of ether oxygens (including phenoxy) is 4. The Labute approximate surface area is 214 Å². The first-order chi connectivity index (χ1) is 18.0. The molecule has 9 heteroatoms. The fraction of sp³-hybridized carbons (Fsp3) is 0.179. The lowest BCUT2D eigenvalue weighted by atomic mass is 10.1. The summed E-state index contributed by atoms with van der Waals surface area (Å²) in [6.07, 6.45) is 0. The van der Waals surface area contributed by atoms with Crippen molar-refractivity contribution in [3.8, 4) is 34.2 Å². The third-order valence-corrected chi connectivity index (χ3v) is 5.57. The van der Waals surface area contributed by atoms with Gasteiger partial charge in [-0.25, -0.2) is 9.48 Å². The average Bonchev–Trinajstić information content (AvgIpc) is 3.39. The molecule has 190 valence electrons. The van der Waals surface area contributed by atoms with Gasteiger partial charge in [-0.05, 0) is 67.6 Å². The Kier molecular flexibility index (Phi) is 7.73. The summed E-state index contributed by atoms with van der Waals surface area (Å²) in [6.45, 7) is 1.98. The second-order valence-corrected chi connectivity index (χ2v) is 7.85. The van der Waals surface area contributed by atoms with Gasteiger partial charge in [0.05, 0.1) is 39.3 Å². The molecule has 0 aliphatic heterocycles. The van der Waals surface area contributed by atoms with Gasteiger partial charge in [0.2, 0.25) is 0 Å². The standard InChI is InChI=1S/C28H27N3O6/c1-5-37-28(33)23-17-24(31(30-23)21-10-12-22(34-2)13-11-21)18-7-6-8-20(15-18)29-27(32)19-9-14-25(35-3)26(16-19)36-4/h6-17H,5H2,1-4H3,(H,29,32). The maximum Gasteiger partial charge on any atom is 0.358 e. The summed E-state index contributed by atoms with van der Waals surface area (Å²) in [6, 6.07) is 21.2. The highest BCUT2D eigenvalue weighted by Crippen LogP contribution is 2.30. The van der Waals surface area contributed by atoms with E-state index < -0.39 is 5.97 Å². The van der Waals surface area contributed by atoms with E-state index in [1.807, 2.05) is 42.5 Å². The van der Waals surface area contributed by atoms with E-state index in [4.69, 9.17) is 18.9 Å². The van der Waals surface area contributed by atoms with E-state index >= 15 is 0 Å². The van der Waals surface area contributed by atoms with Crippen molar-refractivity contribution in [2.75, 3.05) is 33.3 Å². The number of nitrogens with one attached hydrogen (secondary N) is 1. The first kappa shape index (κ1) is 25.3. The molecule has 0 fully saturated rings. The van der Waals surface area contributed by atoms with Crippen LogP contribution >= 0.6 is 0 Å². The fourth-order valence-electron chi connectivity index (χ4n) is 3.75. The number of aromatic nitrogens is 2. The van der Waals surface area contributed by atoms with Crippen LogP contribution in [0.25, 0.3) is 16.9 Å². The molecule has 4 rings (SSSR count). The largest absolute Gasteiger partial charge is 0.497 e. The van der Waals surface area contributed by atoms with Crippen molar-refractivity contribution in [1.82, 2.24) is 9.78 Å². The number of carbonyl (C=O) groups is 2. The number of benzene rings is 3. The van der Waals surface area contributed by atoms with Crippen molar-refractivity contribution in [1.29, 1.82) is 0 Å². The van der Waals surface area contributed by atoms with Crippen molar-refractivity contribution < 1.29 is 28.5 Å². The highest BCUT2D eigenvalue weighted by atomic mass is 16.5. The van der Waals surface area contributed by atoms with Gasteiger partial charge in [0.25, 0.3) is 5.91 Å². The van der Waals surface area contributed by atoms with Crippen molar-refractivity contribution in [3.63, 3.8) is 0 Å². The number of carbonyl (C=O) groups excluding carboxylic acids is 2. The number of amides is 1. The molecule has 9 nitrogen and oxygen atoms in total. The van der Waals surface area contributed by atoms with E-state index in [2.05, 4.69) is 10.4 Å². The Bertz CT molecular complexity index is 1410. The first-order valence-corrected chi connectivity index (χ1v) is 11.5. The van der Waals surface area contributed by atoms with E-state index in [-0.39, 0.29) is 18.2 Å². The summed E-state index contributed by atoms with van der Waals surface area (Å²) in [5.74, 6) is 0.856. The van der Waals surface area contributed by atoms with Gasteiger partial charge in [0.1, 0.15) is 5.75 Å². The van der Waals surface area contributed by atoms with Crippen LogP contribution in [0.4, 0.5) is 5.69 Å². The second-order valence-electron chi connectivity index (χ2n) is 7.85. The number of anilines is 1. The van der Waals surface area contributed by atoms with Crippen LogP contribution < -0.4 is 19.5 Å². The molecule has 0 spiro atoms. The van der Waals surface area contributed by atoms with Crippen LogP contribution in [0.5, 0.6) is 17.2 Å². The van der Waals surface area contributed by atoms with E-state index in [1.54, 1.807) is 49.0 Å². The highest BCUT2D eigenvalue weighted by Gasteiger charge is 2.19. The quantitative estimate of drug-likeness (QED) is 0.322. The van der Waals surface area contributed by atoms with Crippen LogP contribution in [0, 0.1) is 0 Å². The molecule has 4 aromatic rings. The Morgan fingerprint density at radius 2 is 1.62 bits per heavy atom. The van der Waals surface area contributed by atoms with Gasteiger partial charge in [0.15, 0.2) is 17.2 Å². The molecule has 0 radical (unpaired) electrons. The van der Waals surface area contributed by atoms with Gasteiger partial charge in [-0.15, -0.1) is 0 Å². The van der Waals surface area contributed by atoms with Crippen LogP contribution in [0.2, 0.25) is 0 Å². The molecular formula is C28H27N3O6. The average molecular weight is 502 g/mol. The molecular weight excluding hydrogens is 474 g/mol. The fourth-order valence-corrected chi connectivity index (χ4v) is 3.75. The topological polar surface area (TPSA) is 101 Å². The minimum absolute atomic E-state index is 0.174. The molecule has 1 aromatic heterocycles. The SMILES string of the molecule is CCOC(=O)c1cc(-c2cccc(NC(=O)c3ccc(OC)c(OC)c3)c2)n(-c2ccc(OC)cc2)n1. The smallest absolute Gasteiger partial charge is 0.358 e. The number of esters is 1. The Balaban J connectivity index is 1.68. The first-order valence-electron chi connectivity index (χ1n) is 11.5. The highest BCUT2D eigenvalue weighted by molar-refractivity contribution is 6.05. The molecule has 3 aromatic carbocycles. The van der Waals surface area contributed by atoms with Gasteiger partial charge in [-0.2, -0.15) is 5.10 Å². The van der Waals surface area contributed by atoms with Gasteiger partial charge in [-0.3, -0.25) is 4.79 Å². The Hall–Kier alpha value is -4.79. The van der Waals surface area contributed by atoms with Crippen LogP contribution in [0.15, 0.2) is 72.8 Å². The van der Waals surface area contributed by atoms with Crippen LogP contribution in [0.1, 0.15) is 27.8 Å². The maximum absolute atomic E-state index is 12.9. The molecule has 1 heterocycles. The predicted molar refractivity (Wildman–Crippen MR) is 139 cm³/mol. The zero-order valence-corrected chi connectivity index (χ0v) is 21.0. The molecule has 0 atom stereocenters. The summed E-state index contributed by atoms with van der Waals surface area (Å²) >= 11 is 0. The summed E-state index contributed by atoms with van der Waals surface area (Å²) in [4.78, 5) is 25.4. The monoisotopic (exact) mass is 501 g/mol. The Morgan fingerprint density at radius 1 is 0.865 bits per heavy atom. The minimum atomic E-state index is -0.520. The molecule has 1 N–H and O–H groups in total. The number of hydrogen-bond acceptors (Lipinski definition) is 7. The molecule has 1 amide bonds. The lowest BCUT2D eigenvalue weighted by Crippen LogP contribution is -2.12. The zero-order chi connectivity index (χ0) is 26.4. The van der Waals surface area contributed by atoms with Crippen molar-refractivity contribution in [2.45, 2.75) is 6.92 Å². The van der Waals surface area contributed by atoms with Gasteiger partial charge < -0.3 is 24.3 Å². The van der Waals surface area contributed by atoms with E-state index in [0.29, 0.717) is 34.2 Å². The van der Waals surface area contributed by atoms with E-state index in [9.17, 15) is 9.59 Å². The molecule has 0 bridgehead atoms. The summed E-state index contributed by atoms with van der Waals surface area (Å²) < 4.78 is 22.6. The van der Waals surface area contributed by atoms with Crippen LogP contribution in [-0.4, -0.2) is 49.6 Å². The van der Waals surface area contributed by atoms with Crippen LogP contribution in [-0.2, 0) is 4.74 Å². The van der Waals surface area contributed by atoms with Gasteiger partial charge in [-0.1, -0.05) is 12.1 Å². The number of rotatable bonds is 9. The zero-order valence-electron chi connectivity index (χ0n) is 21.0. The molecule has 37 heavy (non-hydrogen) atoms. The lowest BCUT2D eigenvalue weighted by Gasteiger charge is -2.12. The van der Waals surface area contributed by atoms with Gasteiger partial charge in [0, 0.05) is 16.8 Å². The molecule has 0 aliphatic rings. The number of nitrogens with zero attached hydrogens (tertiary/aromatic N) is 2. The summed E-state index contributed by atoms with van der Waals surface area (Å²) in [5.41, 5.74) is 3.27. The molecule has 0 aliphatic carbocycles. The predicted octanol–water partition coefficient (Wildman–Crippen LogP) is 4.99.